The topological polar surface area (TPSA) is 82.5 Å². The van der Waals surface area contributed by atoms with E-state index in [1.807, 2.05) is 36.7 Å². The molecular weight excluding hydrogens is 382 g/mol. The van der Waals surface area contributed by atoms with Crippen LogP contribution in [0.15, 0.2) is 30.3 Å². The number of nitrogens with zero attached hydrogens (tertiary/aromatic N) is 2. The summed E-state index contributed by atoms with van der Waals surface area (Å²) in [6, 6.07) is 8.98. The maximum absolute atomic E-state index is 12.8. The van der Waals surface area contributed by atoms with Crippen molar-refractivity contribution in [3.63, 3.8) is 0 Å². The van der Waals surface area contributed by atoms with Crippen molar-refractivity contribution in [3.8, 4) is 0 Å². The Bertz CT molecular complexity index is 848. The Balaban J connectivity index is 1.71. The summed E-state index contributed by atoms with van der Waals surface area (Å²) < 4.78 is 13.0. The number of aromatic nitrogens is 2. The van der Waals surface area contributed by atoms with Gasteiger partial charge in [0.2, 0.25) is 0 Å². The fourth-order valence-electron chi connectivity index (χ4n) is 3.60. The molecule has 1 aromatic heterocycles. The lowest BCUT2D eigenvalue weighted by molar-refractivity contribution is 0.0435. The number of ether oxygens (including phenoxy) is 2. The minimum absolute atomic E-state index is 0.0573. The molecule has 0 unspecified atom stereocenters. The molecule has 0 bridgehead atoms. The molecule has 0 saturated heterocycles. The first-order chi connectivity index (χ1) is 14.6. The molecule has 0 radical (unpaired) electrons. The number of carbonyl (C=O) groups excluding carboxylic acids is 2. The van der Waals surface area contributed by atoms with Gasteiger partial charge in [0.05, 0.1) is 29.1 Å². The predicted molar refractivity (Wildman–Crippen MR) is 114 cm³/mol. The third kappa shape index (κ3) is 5.69. The van der Waals surface area contributed by atoms with Gasteiger partial charge in [-0.15, -0.1) is 0 Å². The maximum Gasteiger partial charge on any atom is 0.338 e. The number of benzene rings is 1. The molecular formula is C23H31N3O4. The summed E-state index contributed by atoms with van der Waals surface area (Å²) in [7, 11) is 0. The Hall–Kier alpha value is -2.67. The molecule has 3 rings (SSSR count). The molecule has 2 heterocycles. The van der Waals surface area contributed by atoms with Gasteiger partial charge in [-0.2, -0.15) is 5.10 Å². The SMILES string of the molecule is CCc1nn(C[C@@H](C)COC(=O)c2ccccc2)c2c1C(=O)NCCCOCCC2. The third-order valence-corrected chi connectivity index (χ3v) is 5.14. The van der Waals surface area contributed by atoms with Gasteiger partial charge in [0.1, 0.15) is 0 Å². The van der Waals surface area contributed by atoms with Crippen LogP contribution in [0.3, 0.4) is 0 Å². The lowest BCUT2D eigenvalue weighted by Crippen LogP contribution is -2.27. The first kappa shape index (κ1) is 22.0. The molecule has 162 valence electrons. The van der Waals surface area contributed by atoms with E-state index < -0.39 is 0 Å². The zero-order valence-electron chi connectivity index (χ0n) is 17.9. The van der Waals surface area contributed by atoms with Crippen molar-refractivity contribution in [2.75, 3.05) is 26.4 Å². The number of carbonyl (C=O) groups is 2. The van der Waals surface area contributed by atoms with Crippen LogP contribution in [0.4, 0.5) is 0 Å². The highest BCUT2D eigenvalue weighted by Gasteiger charge is 2.24. The second-order valence-electron chi connectivity index (χ2n) is 7.70. The summed E-state index contributed by atoms with van der Waals surface area (Å²) in [5.74, 6) is -0.324. The van der Waals surface area contributed by atoms with Crippen LogP contribution in [0.1, 0.15) is 58.8 Å². The minimum atomic E-state index is -0.326. The molecule has 1 aromatic carbocycles. The zero-order valence-corrected chi connectivity index (χ0v) is 17.9. The average molecular weight is 414 g/mol. The van der Waals surface area contributed by atoms with E-state index in [0.717, 1.165) is 30.7 Å². The summed E-state index contributed by atoms with van der Waals surface area (Å²) in [5, 5.41) is 7.72. The van der Waals surface area contributed by atoms with Crippen LogP contribution in [-0.4, -0.2) is 48.0 Å². The molecule has 0 fully saturated rings. The number of rotatable bonds is 6. The number of aryl methyl sites for hydroxylation is 1. The summed E-state index contributed by atoms with van der Waals surface area (Å²) in [6.07, 6.45) is 3.07. The Morgan fingerprint density at radius 3 is 2.80 bits per heavy atom. The van der Waals surface area contributed by atoms with Crippen LogP contribution in [0.25, 0.3) is 0 Å². The highest BCUT2D eigenvalue weighted by Crippen LogP contribution is 2.20. The van der Waals surface area contributed by atoms with Gasteiger partial charge >= 0.3 is 5.97 Å². The highest BCUT2D eigenvalue weighted by atomic mass is 16.5. The van der Waals surface area contributed by atoms with E-state index in [4.69, 9.17) is 14.6 Å². The lowest BCUT2D eigenvalue weighted by Gasteiger charge is -2.15. The van der Waals surface area contributed by atoms with Gasteiger partial charge < -0.3 is 14.8 Å². The average Bonchev–Trinajstić information content (AvgIpc) is 3.09. The van der Waals surface area contributed by atoms with Crippen molar-refractivity contribution in [3.05, 3.63) is 52.8 Å². The van der Waals surface area contributed by atoms with Gasteiger partial charge in [-0.25, -0.2) is 4.79 Å². The van der Waals surface area contributed by atoms with E-state index in [1.165, 1.54) is 0 Å². The van der Waals surface area contributed by atoms with Crippen molar-refractivity contribution in [2.45, 2.75) is 46.1 Å². The molecule has 1 N–H and O–H groups in total. The molecule has 1 aliphatic heterocycles. The van der Waals surface area contributed by atoms with Crippen LogP contribution in [0.2, 0.25) is 0 Å². The predicted octanol–water partition coefficient (Wildman–Crippen LogP) is 3.02. The van der Waals surface area contributed by atoms with Gasteiger partial charge in [0.25, 0.3) is 5.91 Å². The van der Waals surface area contributed by atoms with Crippen LogP contribution >= 0.6 is 0 Å². The van der Waals surface area contributed by atoms with Crippen molar-refractivity contribution in [2.24, 2.45) is 5.92 Å². The van der Waals surface area contributed by atoms with Gasteiger partial charge in [-0.05, 0) is 37.8 Å². The van der Waals surface area contributed by atoms with Crippen molar-refractivity contribution >= 4 is 11.9 Å². The Labute approximate surface area is 177 Å². The zero-order chi connectivity index (χ0) is 21.3. The largest absolute Gasteiger partial charge is 0.462 e. The van der Waals surface area contributed by atoms with Gasteiger partial charge in [0.15, 0.2) is 0 Å². The van der Waals surface area contributed by atoms with Gasteiger partial charge in [0, 0.05) is 32.2 Å². The van der Waals surface area contributed by atoms with E-state index in [0.29, 0.717) is 50.5 Å². The number of esters is 1. The van der Waals surface area contributed by atoms with E-state index in [9.17, 15) is 9.59 Å². The molecule has 1 aliphatic rings. The Morgan fingerprint density at radius 2 is 2.03 bits per heavy atom. The molecule has 1 atom stereocenters. The van der Waals surface area contributed by atoms with E-state index in [1.54, 1.807) is 12.1 Å². The first-order valence-corrected chi connectivity index (χ1v) is 10.8. The van der Waals surface area contributed by atoms with Crippen molar-refractivity contribution < 1.29 is 19.1 Å². The summed E-state index contributed by atoms with van der Waals surface area (Å²) in [6.45, 7) is 6.83. The molecule has 0 aliphatic carbocycles. The fourth-order valence-corrected chi connectivity index (χ4v) is 3.60. The second-order valence-corrected chi connectivity index (χ2v) is 7.70. The fraction of sp³-hybridized carbons (Fsp3) is 0.522. The standard InChI is InChI=1S/C23H31N3O4/c1-3-19-21-20(11-7-13-29-14-8-12-24-22(21)27)26(25-19)15-17(2)16-30-23(28)18-9-5-4-6-10-18/h4-6,9-10,17H,3,7-8,11-16H2,1-2H3,(H,24,27)/t17-/m1/s1. The summed E-state index contributed by atoms with van der Waals surface area (Å²) >= 11 is 0. The normalized spacial score (nSPS) is 16.1. The number of hydrogen-bond acceptors (Lipinski definition) is 5. The van der Waals surface area contributed by atoms with Crippen LogP contribution in [0, 0.1) is 5.92 Å². The summed E-state index contributed by atoms with van der Waals surface area (Å²) in [4.78, 5) is 25.0. The first-order valence-electron chi connectivity index (χ1n) is 10.8. The molecule has 7 heteroatoms. The number of amides is 1. The van der Waals surface area contributed by atoms with Crippen molar-refractivity contribution in [1.29, 1.82) is 0 Å². The van der Waals surface area contributed by atoms with Crippen LogP contribution < -0.4 is 5.32 Å². The van der Waals surface area contributed by atoms with Crippen molar-refractivity contribution in [1.82, 2.24) is 15.1 Å². The van der Waals surface area contributed by atoms with Crippen LogP contribution in [0.5, 0.6) is 0 Å². The molecule has 1 amide bonds. The molecule has 7 nitrogen and oxygen atoms in total. The molecule has 2 aromatic rings. The minimum Gasteiger partial charge on any atom is -0.462 e. The van der Waals surface area contributed by atoms with E-state index in [2.05, 4.69) is 5.32 Å². The molecule has 30 heavy (non-hydrogen) atoms. The number of hydrogen-bond donors (Lipinski definition) is 1. The second kappa shape index (κ2) is 10.9. The smallest absolute Gasteiger partial charge is 0.338 e. The quantitative estimate of drug-likeness (QED) is 0.736. The number of fused-ring (bicyclic) bond motifs is 1. The molecule has 0 saturated carbocycles. The third-order valence-electron chi connectivity index (χ3n) is 5.14. The number of nitrogens with one attached hydrogen (secondary N) is 1. The van der Waals surface area contributed by atoms with E-state index in [-0.39, 0.29) is 17.8 Å². The Morgan fingerprint density at radius 1 is 1.27 bits per heavy atom. The van der Waals surface area contributed by atoms with Crippen LogP contribution in [-0.2, 0) is 28.9 Å². The van der Waals surface area contributed by atoms with Gasteiger partial charge in [-0.1, -0.05) is 32.0 Å². The molecule has 0 spiro atoms. The Kier molecular flexibility index (Phi) is 8.02. The monoisotopic (exact) mass is 413 g/mol. The van der Waals surface area contributed by atoms with Gasteiger partial charge in [-0.3, -0.25) is 9.48 Å². The highest BCUT2D eigenvalue weighted by molar-refractivity contribution is 5.96. The maximum atomic E-state index is 12.8. The lowest BCUT2D eigenvalue weighted by atomic mass is 10.1. The van der Waals surface area contributed by atoms with E-state index >= 15 is 0 Å². The summed E-state index contributed by atoms with van der Waals surface area (Å²) in [5.41, 5.74) is 3.00.